The number of fused-ring (bicyclic) bond motifs is 1. The minimum atomic E-state index is -0.0661. The monoisotopic (exact) mass is 304 g/mol. The predicted octanol–water partition coefficient (Wildman–Crippen LogP) is 1.95. The van der Waals surface area contributed by atoms with Crippen LogP contribution < -0.4 is 11.1 Å². The summed E-state index contributed by atoms with van der Waals surface area (Å²) in [5, 5.41) is 3.95. The van der Waals surface area contributed by atoms with Gasteiger partial charge in [0.05, 0.1) is 10.4 Å². The third-order valence-corrected chi connectivity index (χ3v) is 5.26. The van der Waals surface area contributed by atoms with E-state index in [1.54, 1.807) is 12.4 Å². The summed E-state index contributed by atoms with van der Waals surface area (Å²) < 4.78 is 0.957. The number of carbonyl (C=O) groups is 1. The van der Waals surface area contributed by atoms with Crippen LogP contribution in [0.1, 0.15) is 23.0 Å². The van der Waals surface area contributed by atoms with Gasteiger partial charge in [-0.05, 0) is 31.5 Å². The first-order valence-corrected chi connectivity index (χ1v) is 8.13. The number of anilines is 1. The smallest absolute Gasteiger partial charge is 0.263 e. The van der Waals surface area contributed by atoms with E-state index < -0.39 is 0 Å². The predicted molar refractivity (Wildman–Crippen MR) is 86.6 cm³/mol. The van der Waals surface area contributed by atoms with Crippen molar-refractivity contribution in [2.24, 2.45) is 5.92 Å². The number of amides is 1. The molecule has 3 heterocycles. The van der Waals surface area contributed by atoms with E-state index in [0.29, 0.717) is 16.5 Å². The van der Waals surface area contributed by atoms with E-state index in [9.17, 15) is 4.79 Å². The second kappa shape index (κ2) is 5.99. The van der Waals surface area contributed by atoms with Crippen molar-refractivity contribution >= 4 is 33.0 Å². The van der Waals surface area contributed by atoms with Gasteiger partial charge >= 0.3 is 0 Å². The van der Waals surface area contributed by atoms with Gasteiger partial charge in [-0.25, -0.2) is 0 Å². The quantitative estimate of drug-likeness (QED) is 0.905. The van der Waals surface area contributed by atoms with E-state index in [1.807, 2.05) is 6.07 Å². The highest BCUT2D eigenvalue weighted by atomic mass is 32.1. The summed E-state index contributed by atoms with van der Waals surface area (Å²) in [5.74, 6) is 0.481. The molecular formula is C15H20N4OS. The second-order valence-corrected chi connectivity index (χ2v) is 6.53. The third kappa shape index (κ3) is 2.87. The van der Waals surface area contributed by atoms with E-state index >= 15 is 0 Å². The lowest BCUT2D eigenvalue weighted by atomic mass is 10.1. The topological polar surface area (TPSA) is 71.2 Å². The van der Waals surface area contributed by atoms with E-state index in [2.05, 4.69) is 22.1 Å². The molecule has 3 N–H and O–H groups in total. The number of pyridine rings is 1. The summed E-state index contributed by atoms with van der Waals surface area (Å²) in [5.41, 5.74) is 6.65. The minimum Gasteiger partial charge on any atom is -0.397 e. The molecular weight excluding hydrogens is 284 g/mol. The molecule has 112 valence electrons. The van der Waals surface area contributed by atoms with Gasteiger partial charge in [0.2, 0.25) is 0 Å². The standard InChI is InChI=1S/C15H20N4OS/c1-2-19-6-4-10(9-19)7-18-15(20)14-13(16)11-3-5-17-8-12(11)21-14/h3,5,8,10H,2,4,6-7,9,16H2,1H3,(H,18,20). The number of aromatic nitrogens is 1. The molecule has 5 nitrogen and oxygen atoms in total. The van der Waals surface area contributed by atoms with Crippen molar-refractivity contribution < 1.29 is 4.79 Å². The van der Waals surface area contributed by atoms with Crippen molar-refractivity contribution in [3.05, 3.63) is 23.3 Å². The average Bonchev–Trinajstić information content (AvgIpc) is 3.10. The Hall–Kier alpha value is -1.66. The zero-order valence-electron chi connectivity index (χ0n) is 12.1. The summed E-state index contributed by atoms with van der Waals surface area (Å²) in [6, 6.07) is 1.86. The van der Waals surface area contributed by atoms with Gasteiger partial charge in [-0.15, -0.1) is 11.3 Å². The average molecular weight is 304 g/mol. The molecule has 1 aliphatic heterocycles. The number of nitrogens with two attached hydrogens (primary N) is 1. The summed E-state index contributed by atoms with van der Waals surface area (Å²) >= 11 is 1.41. The van der Waals surface area contributed by atoms with Crippen molar-refractivity contribution in [1.82, 2.24) is 15.2 Å². The van der Waals surface area contributed by atoms with Gasteiger partial charge in [-0.3, -0.25) is 9.78 Å². The molecule has 2 aromatic heterocycles. The number of nitrogens with zero attached hydrogens (tertiary/aromatic N) is 2. The van der Waals surface area contributed by atoms with E-state index in [-0.39, 0.29) is 5.91 Å². The van der Waals surface area contributed by atoms with Crippen LogP contribution in [0.25, 0.3) is 10.1 Å². The van der Waals surface area contributed by atoms with E-state index in [1.165, 1.54) is 11.3 Å². The molecule has 0 bridgehead atoms. The summed E-state index contributed by atoms with van der Waals surface area (Å²) in [4.78, 5) is 19.4. The lowest BCUT2D eigenvalue weighted by Gasteiger charge is -2.13. The first-order chi connectivity index (χ1) is 10.2. The van der Waals surface area contributed by atoms with E-state index in [4.69, 9.17) is 5.73 Å². The SMILES string of the molecule is CCN1CCC(CNC(=O)c2sc3cnccc3c2N)C1. The molecule has 0 radical (unpaired) electrons. The number of carbonyl (C=O) groups excluding carboxylic acids is 1. The highest BCUT2D eigenvalue weighted by Crippen LogP contribution is 2.32. The molecule has 0 aliphatic carbocycles. The fourth-order valence-corrected chi connectivity index (χ4v) is 3.83. The third-order valence-electron chi connectivity index (χ3n) is 4.11. The number of rotatable bonds is 4. The van der Waals surface area contributed by atoms with Crippen molar-refractivity contribution in [1.29, 1.82) is 0 Å². The Morgan fingerprint density at radius 2 is 2.48 bits per heavy atom. The van der Waals surface area contributed by atoms with Crippen LogP contribution in [-0.4, -0.2) is 42.0 Å². The lowest BCUT2D eigenvalue weighted by molar-refractivity contribution is 0.0952. The zero-order valence-corrected chi connectivity index (χ0v) is 12.9. The van der Waals surface area contributed by atoms with Crippen molar-refractivity contribution in [2.75, 3.05) is 31.9 Å². The van der Waals surface area contributed by atoms with Crippen LogP contribution >= 0.6 is 11.3 Å². The van der Waals surface area contributed by atoms with Crippen LogP contribution in [0.4, 0.5) is 5.69 Å². The Bertz CT molecular complexity index is 654. The van der Waals surface area contributed by atoms with Crippen molar-refractivity contribution in [3.63, 3.8) is 0 Å². The fraction of sp³-hybridized carbons (Fsp3) is 0.467. The first kappa shape index (κ1) is 14.3. The Morgan fingerprint density at radius 3 is 3.19 bits per heavy atom. The molecule has 1 atom stereocenters. The van der Waals surface area contributed by atoms with Crippen LogP contribution in [0, 0.1) is 5.92 Å². The van der Waals surface area contributed by atoms with Crippen LogP contribution in [0.15, 0.2) is 18.5 Å². The van der Waals surface area contributed by atoms with Crippen molar-refractivity contribution in [3.8, 4) is 0 Å². The summed E-state index contributed by atoms with van der Waals surface area (Å²) in [7, 11) is 0. The number of nitrogens with one attached hydrogen (secondary N) is 1. The van der Waals surface area contributed by atoms with Crippen LogP contribution in [-0.2, 0) is 0 Å². The molecule has 0 spiro atoms. The molecule has 1 fully saturated rings. The molecule has 0 aromatic carbocycles. The number of likely N-dealkylation sites (tertiary alicyclic amines) is 1. The normalized spacial score (nSPS) is 19.2. The molecule has 2 aromatic rings. The maximum atomic E-state index is 12.3. The van der Waals surface area contributed by atoms with Crippen LogP contribution in [0.3, 0.4) is 0 Å². The fourth-order valence-electron chi connectivity index (χ4n) is 2.82. The maximum Gasteiger partial charge on any atom is 0.263 e. The van der Waals surface area contributed by atoms with Gasteiger partial charge in [0, 0.05) is 30.9 Å². The Balaban J connectivity index is 1.66. The van der Waals surface area contributed by atoms with Crippen LogP contribution in [0.5, 0.6) is 0 Å². The number of thiophene rings is 1. The molecule has 1 saturated heterocycles. The number of hydrogen-bond acceptors (Lipinski definition) is 5. The highest BCUT2D eigenvalue weighted by molar-refractivity contribution is 7.21. The lowest BCUT2D eigenvalue weighted by Crippen LogP contribution is -2.30. The molecule has 1 amide bonds. The molecule has 3 rings (SSSR count). The number of nitrogen functional groups attached to an aromatic ring is 1. The van der Waals surface area contributed by atoms with Gasteiger partial charge in [0.15, 0.2) is 0 Å². The Morgan fingerprint density at radius 1 is 1.62 bits per heavy atom. The van der Waals surface area contributed by atoms with Gasteiger partial charge in [0.1, 0.15) is 4.88 Å². The second-order valence-electron chi connectivity index (χ2n) is 5.47. The van der Waals surface area contributed by atoms with Gasteiger partial charge in [-0.1, -0.05) is 6.92 Å². The summed E-state index contributed by atoms with van der Waals surface area (Å²) in [6.07, 6.45) is 4.61. The molecule has 1 aliphatic rings. The molecule has 0 saturated carbocycles. The van der Waals surface area contributed by atoms with E-state index in [0.717, 1.165) is 42.7 Å². The Kier molecular flexibility index (Phi) is 4.07. The molecule has 6 heteroatoms. The van der Waals surface area contributed by atoms with Gasteiger partial charge in [0.25, 0.3) is 5.91 Å². The summed E-state index contributed by atoms with van der Waals surface area (Å²) in [6.45, 7) is 6.19. The first-order valence-electron chi connectivity index (χ1n) is 7.31. The number of hydrogen-bond donors (Lipinski definition) is 2. The maximum absolute atomic E-state index is 12.3. The van der Waals surface area contributed by atoms with Gasteiger partial charge in [-0.2, -0.15) is 0 Å². The van der Waals surface area contributed by atoms with Crippen molar-refractivity contribution in [2.45, 2.75) is 13.3 Å². The highest BCUT2D eigenvalue weighted by Gasteiger charge is 2.23. The van der Waals surface area contributed by atoms with Crippen LogP contribution in [0.2, 0.25) is 0 Å². The zero-order chi connectivity index (χ0) is 14.8. The van der Waals surface area contributed by atoms with Gasteiger partial charge < -0.3 is 16.0 Å². The molecule has 21 heavy (non-hydrogen) atoms. The molecule has 1 unspecified atom stereocenters. The minimum absolute atomic E-state index is 0.0661. The largest absolute Gasteiger partial charge is 0.397 e. The Labute approximate surface area is 128 Å².